The van der Waals surface area contributed by atoms with Crippen molar-refractivity contribution < 1.29 is 9.53 Å². The topological polar surface area (TPSA) is 55.6 Å². The molecular formula is C11H22N2O2. The lowest BCUT2D eigenvalue weighted by Crippen LogP contribution is -2.45. The molecule has 4 heteroatoms. The predicted molar refractivity (Wildman–Crippen MR) is 59.5 cm³/mol. The van der Waals surface area contributed by atoms with Gasteiger partial charge >= 0.3 is 5.97 Å². The Morgan fingerprint density at radius 2 is 2.40 bits per heavy atom. The molecule has 4 nitrogen and oxygen atoms in total. The van der Waals surface area contributed by atoms with Crippen LogP contribution in [0, 0.1) is 0 Å². The number of carbonyl (C=O) groups excluding carboxylic acids is 1. The van der Waals surface area contributed by atoms with Crippen LogP contribution in [-0.4, -0.2) is 43.2 Å². The zero-order chi connectivity index (χ0) is 11.1. The summed E-state index contributed by atoms with van der Waals surface area (Å²) >= 11 is 0. The summed E-state index contributed by atoms with van der Waals surface area (Å²) in [6.45, 7) is 4.82. The van der Waals surface area contributed by atoms with Crippen LogP contribution in [0.2, 0.25) is 0 Å². The van der Waals surface area contributed by atoms with Gasteiger partial charge in [-0.2, -0.15) is 0 Å². The number of rotatable bonds is 5. The van der Waals surface area contributed by atoms with Gasteiger partial charge in [0.1, 0.15) is 0 Å². The lowest BCUT2D eigenvalue weighted by atomic mass is 10.1. The minimum Gasteiger partial charge on any atom is -0.465 e. The SMILES string of the molecule is CCCCOC(=O)CN1CCC[C@@H](N)C1. The van der Waals surface area contributed by atoms with E-state index in [-0.39, 0.29) is 12.0 Å². The predicted octanol–water partition coefficient (Wildman–Crippen LogP) is 0.753. The summed E-state index contributed by atoms with van der Waals surface area (Å²) in [6.07, 6.45) is 4.16. The second-order valence-electron chi connectivity index (χ2n) is 4.21. The van der Waals surface area contributed by atoms with Gasteiger partial charge in [-0.3, -0.25) is 9.69 Å². The number of ether oxygens (including phenoxy) is 1. The van der Waals surface area contributed by atoms with E-state index in [0.29, 0.717) is 13.2 Å². The number of piperidine rings is 1. The molecule has 0 aromatic rings. The summed E-state index contributed by atoms with van der Waals surface area (Å²) in [7, 11) is 0. The number of likely N-dealkylation sites (tertiary alicyclic amines) is 1. The Kier molecular flexibility index (Phi) is 5.65. The second kappa shape index (κ2) is 6.80. The zero-order valence-corrected chi connectivity index (χ0v) is 9.58. The maximum Gasteiger partial charge on any atom is 0.320 e. The molecule has 1 aliphatic heterocycles. The van der Waals surface area contributed by atoms with E-state index in [2.05, 4.69) is 11.8 Å². The Morgan fingerprint density at radius 3 is 3.07 bits per heavy atom. The molecule has 0 bridgehead atoms. The Labute approximate surface area is 91.8 Å². The highest BCUT2D eigenvalue weighted by atomic mass is 16.5. The van der Waals surface area contributed by atoms with Crippen LogP contribution in [0.5, 0.6) is 0 Å². The average molecular weight is 214 g/mol. The first-order valence-corrected chi connectivity index (χ1v) is 5.86. The third-order valence-corrected chi connectivity index (χ3v) is 2.66. The van der Waals surface area contributed by atoms with Crippen molar-refractivity contribution in [3.63, 3.8) is 0 Å². The van der Waals surface area contributed by atoms with Crippen molar-refractivity contribution in [1.29, 1.82) is 0 Å². The van der Waals surface area contributed by atoms with Crippen LogP contribution in [0.1, 0.15) is 32.6 Å². The zero-order valence-electron chi connectivity index (χ0n) is 9.58. The lowest BCUT2D eigenvalue weighted by Gasteiger charge is -2.29. The maximum atomic E-state index is 11.4. The van der Waals surface area contributed by atoms with Crippen LogP contribution in [0.4, 0.5) is 0 Å². The molecule has 0 aromatic heterocycles. The van der Waals surface area contributed by atoms with Gasteiger partial charge in [0.05, 0.1) is 13.2 Å². The van der Waals surface area contributed by atoms with Crippen LogP contribution in [0.15, 0.2) is 0 Å². The molecule has 1 fully saturated rings. The average Bonchev–Trinajstić information content (AvgIpc) is 2.18. The van der Waals surface area contributed by atoms with Gasteiger partial charge in [0, 0.05) is 12.6 Å². The molecule has 1 atom stereocenters. The van der Waals surface area contributed by atoms with Crippen LogP contribution in [-0.2, 0) is 9.53 Å². The van der Waals surface area contributed by atoms with E-state index in [1.807, 2.05) is 0 Å². The van der Waals surface area contributed by atoms with E-state index in [4.69, 9.17) is 10.5 Å². The fraction of sp³-hybridized carbons (Fsp3) is 0.909. The van der Waals surface area contributed by atoms with Crippen LogP contribution in [0.3, 0.4) is 0 Å². The van der Waals surface area contributed by atoms with Gasteiger partial charge in [0.15, 0.2) is 0 Å². The first-order chi connectivity index (χ1) is 7.22. The Morgan fingerprint density at radius 1 is 1.60 bits per heavy atom. The summed E-state index contributed by atoms with van der Waals surface area (Å²) < 4.78 is 5.10. The van der Waals surface area contributed by atoms with E-state index in [1.54, 1.807) is 0 Å². The molecule has 0 saturated carbocycles. The van der Waals surface area contributed by atoms with Crippen molar-refractivity contribution in [3.05, 3.63) is 0 Å². The third kappa shape index (κ3) is 5.14. The molecule has 1 saturated heterocycles. The van der Waals surface area contributed by atoms with Gasteiger partial charge in [0.25, 0.3) is 0 Å². The highest BCUT2D eigenvalue weighted by molar-refractivity contribution is 5.71. The molecule has 0 aliphatic carbocycles. The van der Waals surface area contributed by atoms with E-state index >= 15 is 0 Å². The van der Waals surface area contributed by atoms with Crippen molar-refractivity contribution in [3.8, 4) is 0 Å². The summed E-state index contributed by atoms with van der Waals surface area (Å²) in [6, 6.07) is 0.224. The molecular weight excluding hydrogens is 192 g/mol. The number of carbonyl (C=O) groups is 1. The number of unbranched alkanes of at least 4 members (excludes halogenated alkanes) is 1. The standard InChI is InChI=1S/C11H22N2O2/c1-2-3-7-15-11(14)9-13-6-4-5-10(12)8-13/h10H,2-9,12H2,1H3/t10-/m1/s1. The molecule has 0 radical (unpaired) electrons. The van der Waals surface area contributed by atoms with Crippen molar-refractivity contribution in [2.45, 2.75) is 38.6 Å². The molecule has 1 aliphatic rings. The molecule has 1 rings (SSSR count). The molecule has 2 N–H and O–H groups in total. The molecule has 0 unspecified atom stereocenters. The molecule has 15 heavy (non-hydrogen) atoms. The first kappa shape index (κ1) is 12.5. The summed E-state index contributed by atoms with van der Waals surface area (Å²) in [5.74, 6) is -0.113. The van der Waals surface area contributed by atoms with Crippen molar-refractivity contribution in [2.24, 2.45) is 5.73 Å². The lowest BCUT2D eigenvalue weighted by molar-refractivity contribution is -0.145. The molecule has 88 valence electrons. The Bertz CT molecular complexity index is 197. The minimum absolute atomic E-state index is 0.113. The van der Waals surface area contributed by atoms with Crippen molar-refractivity contribution in [1.82, 2.24) is 4.90 Å². The first-order valence-electron chi connectivity index (χ1n) is 5.86. The fourth-order valence-corrected chi connectivity index (χ4v) is 1.79. The summed E-state index contributed by atoms with van der Waals surface area (Å²) in [5.41, 5.74) is 5.83. The largest absolute Gasteiger partial charge is 0.465 e. The van der Waals surface area contributed by atoms with Gasteiger partial charge in [-0.1, -0.05) is 13.3 Å². The van der Waals surface area contributed by atoms with Crippen molar-refractivity contribution >= 4 is 5.97 Å². The highest BCUT2D eigenvalue weighted by Crippen LogP contribution is 2.07. The Hall–Kier alpha value is -0.610. The van der Waals surface area contributed by atoms with Gasteiger partial charge in [-0.15, -0.1) is 0 Å². The van der Waals surface area contributed by atoms with E-state index in [9.17, 15) is 4.79 Å². The molecule has 0 spiro atoms. The van der Waals surface area contributed by atoms with Gasteiger partial charge in [-0.25, -0.2) is 0 Å². The minimum atomic E-state index is -0.113. The number of hydrogen-bond acceptors (Lipinski definition) is 4. The van der Waals surface area contributed by atoms with E-state index in [0.717, 1.165) is 38.8 Å². The maximum absolute atomic E-state index is 11.4. The molecule has 0 aromatic carbocycles. The summed E-state index contributed by atoms with van der Waals surface area (Å²) in [5, 5.41) is 0. The number of hydrogen-bond donors (Lipinski definition) is 1. The monoisotopic (exact) mass is 214 g/mol. The van der Waals surface area contributed by atoms with E-state index in [1.165, 1.54) is 0 Å². The number of nitrogens with two attached hydrogens (primary N) is 1. The quantitative estimate of drug-likeness (QED) is 0.542. The molecule has 0 amide bonds. The number of esters is 1. The normalized spacial score (nSPS) is 22.7. The second-order valence-corrected chi connectivity index (χ2v) is 4.21. The highest BCUT2D eigenvalue weighted by Gasteiger charge is 2.19. The van der Waals surface area contributed by atoms with Gasteiger partial charge in [0.2, 0.25) is 0 Å². The van der Waals surface area contributed by atoms with Crippen LogP contribution >= 0.6 is 0 Å². The van der Waals surface area contributed by atoms with Crippen molar-refractivity contribution in [2.75, 3.05) is 26.2 Å². The third-order valence-electron chi connectivity index (χ3n) is 2.66. The van der Waals surface area contributed by atoms with Gasteiger partial charge in [-0.05, 0) is 25.8 Å². The van der Waals surface area contributed by atoms with E-state index < -0.39 is 0 Å². The Balaban J connectivity index is 2.13. The fourth-order valence-electron chi connectivity index (χ4n) is 1.79. The number of nitrogens with zero attached hydrogens (tertiary/aromatic N) is 1. The summed E-state index contributed by atoms with van der Waals surface area (Å²) in [4.78, 5) is 13.5. The smallest absolute Gasteiger partial charge is 0.320 e. The van der Waals surface area contributed by atoms with Crippen LogP contribution < -0.4 is 5.73 Å². The molecule has 1 heterocycles. The van der Waals surface area contributed by atoms with Gasteiger partial charge < -0.3 is 10.5 Å². The van der Waals surface area contributed by atoms with Crippen LogP contribution in [0.25, 0.3) is 0 Å².